The molecule has 0 heterocycles. The molecule has 0 aliphatic rings. The third-order valence-electron chi connectivity index (χ3n) is 4.13. The Bertz CT molecular complexity index is 983. The Hall–Kier alpha value is -3.86. The van der Waals surface area contributed by atoms with Crippen molar-refractivity contribution in [3.63, 3.8) is 0 Å². The average molecular weight is 371 g/mol. The third-order valence-corrected chi connectivity index (χ3v) is 4.13. The predicted molar refractivity (Wildman–Crippen MR) is 111 cm³/mol. The SMILES string of the molecule is Nc1ccccc1CNC(=O)C(=Cc1ccccc1)NC(=O)c1ccccc1. The molecule has 0 saturated heterocycles. The second-order valence-corrected chi connectivity index (χ2v) is 6.17. The van der Waals surface area contributed by atoms with Gasteiger partial charge in [0.15, 0.2) is 0 Å². The van der Waals surface area contributed by atoms with Crippen molar-refractivity contribution < 1.29 is 9.59 Å². The van der Waals surface area contributed by atoms with Crippen LogP contribution in [0.25, 0.3) is 6.08 Å². The van der Waals surface area contributed by atoms with Crippen molar-refractivity contribution in [1.29, 1.82) is 0 Å². The number of nitrogens with two attached hydrogens (primary N) is 1. The van der Waals surface area contributed by atoms with E-state index in [1.165, 1.54) is 0 Å². The van der Waals surface area contributed by atoms with Gasteiger partial charge in [0.2, 0.25) is 0 Å². The Morgan fingerprint density at radius 2 is 1.43 bits per heavy atom. The van der Waals surface area contributed by atoms with Crippen LogP contribution < -0.4 is 16.4 Å². The topological polar surface area (TPSA) is 84.2 Å². The zero-order chi connectivity index (χ0) is 19.8. The van der Waals surface area contributed by atoms with Crippen LogP contribution in [0.2, 0.25) is 0 Å². The second kappa shape index (κ2) is 9.19. The highest BCUT2D eigenvalue weighted by molar-refractivity contribution is 6.05. The van der Waals surface area contributed by atoms with Gasteiger partial charge < -0.3 is 16.4 Å². The summed E-state index contributed by atoms with van der Waals surface area (Å²) < 4.78 is 0. The van der Waals surface area contributed by atoms with E-state index < -0.39 is 5.91 Å². The van der Waals surface area contributed by atoms with Crippen LogP contribution in [0.5, 0.6) is 0 Å². The molecule has 3 aromatic rings. The van der Waals surface area contributed by atoms with Crippen LogP contribution in [-0.4, -0.2) is 11.8 Å². The first-order valence-electron chi connectivity index (χ1n) is 8.88. The number of nitrogen functional groups attached to an aromatic ring is 1. The summed E-state index contributed by atoms with van der Waals surface area (Å²) in [5.74, 6) is -0.742. The smallest absolute Gasteiger partial charge is 0.268 e. The average Bonchev–Trinajstić information content (AvgIpc) is 2.74. The zero-order valence-corrected chi connectivity index (χ0v) is 15.3. The van der Waals surface area contributed by atoms with Crippen LogP contribution in [0, 0.1) is 0 Å². The summed E-state index contributed by atoms with van der Waals surface area (Å²) in [6.45, 7) is 0.263. The van der Waals surface area contributed by atoms with Crippen molar-refractivity contribution >= 4 is 23.6 Å². The molecule has 0 fully saturated rings. The Labute approximate surface area is 163 Å². The molecule has 2 amide bonds. The fraction of sp³-hybridized carbons (Fsp3) is 0.0435. The van der Waals surface area contributed by atoms with Crippen LogP contribution in [0.1, 0.15) is 21.5 Å². The van der Waals surface area contributed by atoms with E-state index in [1.54, 1.807) is 36.4 Å². The Morgan fingerprint density at radius 1 is 0.821 bits per heavy atom. The van der Waals surface area contributed by atoms with Crippen molar-refractivity contribution in [2.45, 2.75) is 6.54 Å². The van der Waals surface area contributed by atoms with E-state index in [1.807, 2.05) is 54.6 Å². The molecule has 0 aliphatic carbocycles. The highest BCUT2D eigenvalue weighted by Crippen LogP contribution is 2.11. The molecule has 0 atom stereocenters. The van der Waals surface area contributed by atoms with Crippen molar-refractivity contribution in [3.05, 3.63) is 107 Å². The maximum Gasteiger partial charge on any atom is 0.268 e. The summed E-state index contributed by atoms with van der Waals surface area (Å²) in [6, 6.07) is 25.4. The number of anilines is 1. The van der Waals surface area contributed by atoms with Gasteiger partial charge in [-0.05, 0) is 35.4 Å². The molecular weight excluding hydrogens is 350 g/mol. The van der Waals surface area contributed by atoms with Crippen molar-refractivity contribution in [2.75, 3.05) is 5.73 Å². The van der Waals surface area contributed by atoms with Crippen LogP contribution in [0.3, 0.4) is 0 Å². The number of para-hydroxylation sites is 1. The molecular formula is C23H21N3O2. The Kier molecular flexibility index (Phi) is 6.21. The van der Waals surface area contributed by atoms with Crippen molar-refractivity contribution in [3.8, 4) is 0 Å². The molecule has 5 nitrogen and oxygen atoms in total. The standard InChI is InChI=1S/C23H21N3O2/c24-20-14-8-7-13-19(20)16-25-23(28)21(15-17-9-3-1-4-10-17)26-22(27)18-11-5-2-6-12-18/h1-15H,16,24H2,(H,25,28)(H,26,27). The van der Waals surface area contributed by atoms with Crippen molar-refractivity contribution in [1.82, 2.24) is 10.6 Å². The zero-order valence-electron chi connectivity index (χ0n) is 15.3. The summed E-state index contributed by atoms with van der Waals surface area (Å²) in [4.78, 5) is 25.3. The van der Waals surface area contributed by atoms with Gasteiger partial charge in [-0.15, -0.1) is 0 Å². The molecule has 0 spiro atoms. The van der Waals surface area contributed by atoms with E-state index in [0.717, 1.165) is 11.1 Å². The first kappa shape index (κ1) is 18.9. The first-order valence-corrected chi connectivity index (χ1v) is 8.88. The second-order valence-electron chi connectivity index (χ2n) is 6.17. The van der Waals surface area contributed by atoms with Gasteiger partial charge in [-0.2, -0.15) is 0 Å². The van der Waals surface area contributed by atoms with Gasteiger partial charge in [-0.3, -0.25) is 9.59 Å². The van der Waals surface area contributed by atoms with Gasteiger partial charge in [0.25, 0.3) is 11.8 Å². The van der Waals surface area contributed by atoms with Gasteiger partial charge in [-0.25, -0.2) is 0 Å². The monoisotopic (exact) mass is 371 g/mol. The molecule has 140 valence electrons. The van der Waals surface area contributed by atoms with Gasteiger partial charge >= 0.3 is 0 Å². The van der Waals surface area contributed by atoms with Gasteiger partial charge in [0.1, 0.15) is 5.70 Å². The minimum atomic E-state index is -0.392. The van der Waals surface area contributed by atoms with E-state index in [2.05, 4.69) is 10.6 Å². The molecule has 0 aromatic heterocycles. The number of amides is 2. The molecule has 4 N–H and O–H groups in total. The largest absolute Gasteiger partial charge is 0.398 e. The Morgan fingerprint density at radius 3 is 2.11 bits per heavy atom. The number of benzene rings is 3. The van der Waals surface area contributed by atoms with E-state index in [0.29, 0.717) is 11.3 Å². The molecule has 28 heavy (non-hydrogen) atoms. The fourth-order valence-corrected chi connectivity index (χ4v) is 2.62. The van der Waals surface area contributed by atoms with Crippen LogP contribution in [0.4, 0.5) is 5.69 Å². The van der Waals surface area contributed by atoms with Crippen molar-refractivity contribution in [2.24, 2.45) is 0 Å². The highest BCUT2D eigenvalue weighted by Gasteiger charge is 2.14. The number of carbonyl (C=O) groups is 2. The predicted octanol–water partition coefficient (Wildman–Crippen LogP) is 3.36. The quantitative estimate of drug-likeness (QED) is 0.459. The van der Waals surface area contributed by atoms with Gasteiger partial charge in [0.05, 0.1) is 0 Å². The number of carbonyl (C=O) groups excluding carboxylic acids is 2. The molecule has 3 aromatic carbocycles. The maximum atomic E-state index is 12.8. The van der Waals surface area contributed by atoms with Gasteiger partial charge in [-0.1, -0.05) is 66.7 Å². The summed E-state index contributed by atoms with van der Waals surface area (Å²) in [5, 5.41) is 5.53. The molecule has 0 radical (unpaired) electrons. The summed E-state index contributed by atoms with van der Waals surface area (Å²) in [7, 11) is 0. The summed E-state index contributed by atoms with van der Waals surface area (Å²) in [6.07, 6.45) is 1.64. The minimum absolute atomic E-state index is 0.162. The maximum absolute atomic E-state index is 12.8. The molecule has 0 saturated carbocycles. The number of hydrogen-bond donors (Lipinski definition) is 3. The molecule has 3 rings (SSSR count). The van der Waals surface area contributed by atoms with E-state index >= 15 is 0 Å². The van der Waals surface area contributed by atoms with E-state index in [4.69, 9.17) is 5.73 Å². The lowest BCUT2D eigenvalue weighted by Crippen LogP contribution is -2.34. The number of rotatable bonds is 6. The van der Waals surface area contributed by atoms with Gasteiger partial charge in [0, 0.05) is 17.8 Å². The first-order chi connectivity index (χ1) is 13.6. The molecule has 5 heteroatoms. The summed E-state index contributed by atoms with van der Waals surface area (Å²) in [5.41, 5.74) is 8.78. The molecule has 0 bridgehead atoms. The lowest BCUT2D eigenvalue weighted by atomic mass is 10.1. The van der Waals surface area contributed by atoms with E-state index in [-0.39, 0.29) is 18.1 Å². The normalized spacial score (nSPS) is 10.9. The van der Waals surface area contributed by atoms with E-state index in [9.17, 15) is 9.59 Å². The third kappa shape index (κ3) is 5.08. The molecule has 0 aliphatic heterocycles. The van der Waals surface area contributed by atoms with Crippen LogP contribution in [-0.2, 0) is 11.3 Å². The summed E-state index contributed by atoms with van der Waals surface area (Å²) >= 11 is 0. The van der Waals surface area contributed by atoms with Crippen LogP contribution >= 0.6 is 0 Å². The number of nitrogens with one attached hydrogen (secondary N) is 2. The molecule has 0 unspecified atom stereocenters. The Balaban J connectivity index is 1.79. The lowest BCUT2D eigenvalue weighted by molar-refractivity contribution is -0.117. The minimum Gasteiger partial charge on any atom is -0.398 e. The highest BCUT2D eigenvalue weighted by atomic mass is 16.2. The fourth-order valence-electron chi connectivity index (χ4n) is 2.62. The number of hydrogen-bond acceptors (Lipinski definition) is 3. The lowest BCUT2D eigenvalue weighted by Gasteiger charge is -2.12. The van der Waals surface area contributed by atoms with Crippen LogP contribution in [0.15, 0.2) is 90.6 Å².